The molecule has 0 bridgehead atoms. The Balaban J connectivity index is 1.96. The van der Waals surface area contributed by atoms with Crippen molar-refractivity contribution in [3.8, 4) is 5.75 Å². The van der Waals surface area contributed by atoms with E-state index in [9.17, 15) is 4.79 Å². The number of ether oxygens (including phenoxy) is 1. The summed E-state index contributed by atoms with van der Waals surface area (Å²) < 4.78 is 5.75. The number of hydrogen-bond acceptors (Lipinski definition) is 3. The van der Waals surface area contributed by atoms with Crippen molar-refractivity contribution in [2.45, 2.75) is 52.2 Å². The summed E-state index contributed by atoms with van der Waals surface area (Å²) in [5.74, 6) is 0.811. The van der Waals surface area contributed by atoms with Crippen LogP contribution in [0.2, 0.25) is 0 Å². The summed E-state index contributed by atoms with van der Waals surface area (Å²) in [6.45, 7) is 6.95. The first kappa shape index (κ1) is 15.8. The van der Waals surface area contributed by atoms with Gasteiger partial charge in [0.05, 0.1) is 0 Å². The number of nitrogens with one attached hydrogen (secondary N) is 1. The van der Waals surface area contributed by atoms with Gasteiger partial charge in [0.1, 0.15) is 5.75 Å². The fourth-order valence-electron chi connectivity index (χ4n) is 2.06. The van der Waals surface area contributed by atoms with Crippen LogP contribution in [-0.2, 0) is 11.3 Å². The second kappa shape index (κ2) is 6.94. The molecule has 1 aromatic rings. The number of carbonyl (C=O) groups excluding carboxylic acids is 1. The molecule has 1 N–H and O–H groups in total. The molecule has 0 radical (unpaired) electrons. The zero-order valence-electron chi connectivity index (χ0n) is 13.5. The molecule has 0 heterocycles. The molecule has 1 aromatic carbocycles. The molecule has 4 heteroatoms. The molecule has 1 aliphatic rings. The highest BCUT2D eigenvalue weighted by atomic mass is 16.5. The van der Waals surface area contributed by atoms with Gasteiger partial charge in [0, 0.05) is 31.2 Å². The van der Waals surface area contributed by atoms with E-state index < -0.39 is 0 Å². The zero-order valence-corrected chi connectivity index (χ0v) is 13.5. The standard InChI is InChI=1S/C17H26N2O2/c1-12(2)19(4)17(20)11-21-16-8-5-13(3)9-14(16)10-18-15-6-7-15/h5,8-9,12,15,18H,6-7,10-11H2,1-4H3. The van der Waals surface area contributed by atoms with Crippen molar-refractivity contribution in [2.24, 2.45) is 0 Å². The van der Waals surface area contributed by atoms with Gasteiger partial charge in [-0.25, -0.2) is 0 Å². The van der Waals surface area contributed by atoms with E-state index in [4.69, 9.17) is 4.74 Å². The van der Waals surface area contributed by atoms with E-state index in [1.807, 2.05) is 26.0 Å². The Morgan fingerprint density at radius 1 is 1.43 bits per heavy atom. The van der Waals surface area contributed by atoms with E-state index in [0.717, 1.165) is 17.9 Å². The Bertz CT molecular complexity index is 496. The number of hydrogen-bond donors (Lipinski definition) is 1. The number of likely N-dealkylation sites (N-methyl/N-ethyl adjacent to an activating group) is 1. The van der Waals surface area contributed by atoms with Gasteiger partial charge in [0.2, 0.25) is 0 Å². The van der Waals surface area contributed by atoms with Crippen molar-refractivity contribution in [1.82, 2.24) is 10.2 Å². The summed E-state index contributed by atoms with van der Waals surface area (Å²) >= 11 is 0. The average Bonchev–Trinajstić information content (AvgIpc) is 3.26. The number of aryl methyl sites for hydroxylation is 1. The highest BCUT2D eigenvalue weighted by Gasteiger charge is 2.21. The van der Waals surface area contributed by atoms with E-state index in [2.05, 4.69) is 18.3 Å². The van der Waals surface area contributed by atoms with Crippen LogP contribution in [0, 0.1) is 6.92 Å². The molecule has 0 spiro atoms. The van der Waals surface area contributed by atoms with Gasteiger partial charge in [-0.3, -0.25) is 4.79 Å². The maximum absolute atomic E-state index is 12.0. The van der Waals surface area contributed by atoms with Gasteiger partial charge >= 0.3 is 0 Å². The molecule has 4 nitrogen and oxygen atoms in total. The molecule has 0 aromatic heterocycles. The summed E-state index contributed by atoms with van der Waals surface area (Å²) in [4.78, 5) is 13.7. The average molecular weight is 290 g/mol. The molecule has 116 valence electrons. The van der Waals surface area contributed by atoms with Crippen molar-refractivity contribution >= 4 is 5.91 Å². The quantitative estimate of drug-likeness (QED) is 0.839. The molecule has 1 fully saturated rings. The monoisotopic (exact) mass is 290 g/mol. The molecule has 0 atom stereocenters. The molecule has 1 amide bonds. The molecule has 21 heavy (non-hydrogen) atoms. The first-order valence-corrected chi connectivity index (χ1v) is 7.68. The lowest BCUT2D eigenvalue weighted by atomic mass is 10.1. The lowest BCUT2D eigenvalue weighted by molar-refractivity contribution is -0.133. The predicted octanol–water partition coefficient (Wildman–Crippen LogP) is 2.49. The highest BCUT2D eigenvalue weighted by Crippen LogP contribution is 2.23. The third-order valence-corrected chi connectivity index (χ3v) is 3.89. The van der Waals surface area contributed by atoms with Gasteiger partial charge in [-0.2, -0.15) is 0 Å². The van der Waals surface area contributed by atoms with Crippen LogP contribution in [0.15, 0.2) is 18.2 Å². The highest BCUT2D eigenvalue weighted by molar-refractivity contribution is 5.77. The van der Waals surface area contributed by atoms with Crippen molar-refractivity contribution in [3.05, 3.63) is 29.3 Å². The first-order valence-electron chi connectivity index (χ1n) is 7.68. The minimum Gasteiger partial charge on any atom is -0.483 e. The maximum atomic E-state index is 12.0. The van der Waals surface area contributed by atoms with Gasteiger partial charge in [-0.05, 0) is 39.7 Å². The Hall–Kier alpha value is -1.55. The van der Waals surface area contributed by atoms with Gasteiger partial charge in [-0.15, -0.1) is 0 Å². The number of rotatable bonds is 7. The fraction of sp³-hybridized carbons (Fsp3) is 0.588. The molecule has 1 saturated carbocycles. The van der Waals surface area contributed by atoms with E-state index >= 15 is 0 Å². The Kier molecular flexibility index (Phi) is 5.23. The van der Waals surface area contributed by atoms with E-state index in [0.29, 0.717) is 6.04 Å². The van der Waals surface area contributed by atoms with Crippen LogP contribution in [0.25, 0.3) is 0 Å². The lowest BCUT2D eigenvalue weighted by Gasteiger charge is -2.22. The summed E-state index contributed by atoms with van der Waals surface area (Å²) in [6, 6.07) is 6.96. The van der Waals surface area contributed by atoms with Crippen LogP contribution in [0.4, 0.5) is 0 Å². The Labute approximate surface area is 127 Å². The van der Waals surface area contributed by atoms with Crippen molar-refractivity contribution < 1.29 is 9.53 Å². The lowest BCUT2D eigenvalue weighted by Crippen LogP contribution is -2.36. The van der Waals surface area contributed by atoms with E-state index in [1.54, 1.807) is 11.9 Å². The van der Waals surface area contributed by atoms with Crippen LogP contribution in [0.1, 0.15) is 37.8 Å². The van der Waals surface area contributed by atoms with Crippen molar-refractivity contribution in [2.75, 3.05) is 13.7 Å². The zero-order chi connectivity index (χ0) is 15.4. The molecule has 0 saturated heterocycles. The summed E-state index contributed by atoms with van der Waals surface area (Å²) in [7, 11) is 1.81. The van der Waals surface area contributed by atoms with Gasteiger partial charge in [0.25, 0.3) is 5.91 Å². The smallest absolute Gasteiger partial charge is 0.260 e. The number of benzene rings is 1. The topological polar surface area (TPSA) is 41.6 Å². The van der Waals surface area contributed by atoms with Gasteiger partial charge < -0.3 is 15.0 Å². The third-order valence-electron chi connectivity index (χ3n) is 3.89. The minimum atomic E-state index is 0.00618. The first-order chi connectivity index (χ1) is 9.97. The summed E-state index contributed by atoms with van der Waals surface area (Å²) in [5, 5.41) is 3.49. The number of nitrogens with zero attached hydrogens (tertiary/aromatic N) is 1. The molecule has 0 aliphatic heterocycles. The Morgan fingerprint density at radius 3 is 2.76 bits per heavy atom. The molecule has 2 rings (SSSR count). The van der Waals surface area contributed by atoms with Crippen molar-refractivity contribution in [3.63, 3.8) is 0 Å². The van der Waals surface area contributed by atoms with Gasteiger partial charge in [0.15, 0.2) is 6.61 Å². The van der Waals surface area contributed by atoms with E-state index in [1.165, 1.54) is 18.4 Å². The predicted molar refractivity (Wildman–Crippen MR) is 84.4 cm³/mol. The largest absolute Gasteiger partial charge is 0.483 e. The van der Waals surface area contributed by atoms with Crippen LogP contribution >= 0.6 is 0 Å². The molecule has 1 aliphatic carbocycles. The third kappa shape index (κ3) is 4.74. The van der Waals surface area contributed by atoms with Crippen LogP contribution < -0.4 is 10.1 Å². The number of amides is 1. The molecular formula is C17H26N2O2. The Morgan fingerprint density at radius 2 is 2.14 bits per heavy atom. The maximum Gasteiger partial charge on any atom is 0.260 e. The fourth-order valence-corrected chi connectivity index (χ4v) is 2.06. The normalized spacial score (nSPS) is 14.3. The molecular weight excluding hydrogens is 264 g/mol. The van der Waals surface area contributed by atoms with Crippen LogP contribution in [0.3, 0.4) is 0 Å². The second-order valence-corrected chi connectivity index (χ2v) is 6.15. The van der Waals surface area contributed by atoms with Crippen molar-refractivity contribution in [1.29, 1.82) is 0 Å². The second-order valence-electron chi connectivity index (χ2n) is 6.15. The SMILES string of the molecule is Cc1ccc(OCC(=O)N(C)C(C)C)c(CNC2CC2)c1. The molecule has 0 unspecified atom stereocenters. The summed E-state index contributed by atoms with van der Waals surface area (Å²) in [6.07, 6.45) is 2.53. The van der Waals surface area contributed by atoms with Crippen LogP contribution in [-0.4, -0.2) is 36.5 Å². The number of carbonyl (C=O) groups is 1. The minimum absolute atomic E-state index is 0.00618. The van der Waals surface area contributed by atoms with Gasteiger partial charge in [-0.1, -0.05) is 17.7 Å². The van der Waals surface area contributed by atoms with E-state index in [-0.39, 0.29) is 18.6 Å². The summed E-state index contributed by atoms with van der Waals surface area (Å²) in [5.41, 5.74) is 2.34. The van der Waals surface area contributed by atoms with Crippen LogP contribution in [0.5, 0.6) is 5.75 Å².